The topological polar surface area (TPSA) is 137 Å². The zero-order valence-corrected chi connectivity index (χ0v) is 19.9. The summed E-state index contributed by atoms with van der Waals surface area (Å²) in [6, 6.07) is 0. The number of rotatable bonds is 5. The third-order valence-corrected chi connectivity index (χ3v) is 10.2. The smallest absolute Gasteiger partial charge is 0.458 e. The maximum atomic E-state index is 12.3. The van der Waals surface area contributed by atoms with Gasteiger partial charge in [-0.3, -0.25) is 4.52 Å². The third-order valence-electron chi connectivity index (χ3n) is 9.66. The van der Waals surface area contributed by atoms with E-state index in [1.54, 1.807) is 0 Å². The monoisotopic (exact) mass is 484 g/mol. The van der Waals surface area contributed by atoms with E-state index in [2.05, 4.69) is 20.8 Å². The summed E-state index contributed by atoms with van der Waals surface area (Å²) in [5.74, 6) is -0.123. The molecule has 8 rings (SSSR count). The van der Waals surface area contributed by atoms with Gasteiger partial charge in [-0.2, -0.15) is 0 Å². The number of phosphoric acid groups is 1. The van der Waals surface area contributed by atoms with E-state index in [1.165, 1.54) is 6.92 Å². The number of esters is 1. The molecule has 0 amide bonds. The SMILES string of the molecule is CC(O[C@@H]1[C@@]2(C(C)C)O[C@H]2[C@@H]2O[C@@]23[C@@]2(C)CCC4=C(COC4=O)[C@@H]2C2C[C@@]13O2)OP(=O)(O)O. The van der Waals surface area contributed by atoms with E-state index < -0.39 is 37.0 Å². The first-order chi connectivity index (χ1) is 15.4. The molecule has 2 bridgehead atoms. The van der Waals surface area contributed by atoms with Crippen LogP contribution in [0, 0.1) is 17.3 Å². The van der Waals surface area contributed by atoms with Crippen molar-refractivity contribution in [1.29, 1.82) is 0 Å². The van der Waals surface area contributed by atoms with Gasteiger partial charge in [0.25, 0.3) is 0 Å². The lowest BCUT2D eigenvalue weighted by Crippen LogP contribution is -2.84. The van der Waals surface area contributed by atoms with Gasteiger partial charge >= 0.3 is 13.8 Å². The molecule has 4 saturated heterocycles. The summed E-state index contributed by atoms with van der Waals surface area (Å²) in [6.07, 6.45) is -0.134. The molecule has 2 spiro atoms. The van der Waals surface area contributed by atoms with Gasteiger partial charge in [-0.05, 0) is 31.3 Å². The van der Waals surface area contributed by atoms with Crippen LogP contribution in [0.25, 0.3) is 0 Å². The van der Waals surface area contributed by atoms with E-state index in [0.29, 0.717) is 19.4 Å². The molecule has 33 heavy (non-hydrogen) atoms. The van der Waals surface area contributed by atoms with Crippen LogP contribution in [0.1, 0.15) is 47.0 Å². The predicted octanol–water partition coefficient (Wildman–Crippen LogP) is 1.58. The number of phosphoric ester groups is 1. The number of carbonyl (C=O) groups excluding carboxylic acids is 1. The fraction of sp³-hybridized carbons (Fsp3) is 0.864. The van der Waals surface area contributed by atoms with E-state index in [1.807, 2.05) is 0 Å². The third kappa shape index (κ3) is 2.22. The van der Waals surface area contributed by atoms with Crippen molar-refractivity contribution in [2.45, 2.75) is 94.5 Å². The summed E-state index contributed by atoms with van der Waals surface area (Å²) >= 11 is 0. The van der Waals surface area contributed by atoms with Crippen molar-refractivity contribution < 1.29 is 47.4 Å². The second kappa shape index (κ2) is 5.93. The Morgan fingerprint density at radius 1 is 1.15 bits per heavy atom. The van der Waals surface area contributed by atoms with Crippen LogP contribution < -0.4 is 0 Å². The van der Waals surface area contributed by atoms with Crippen molar-refractivity contribution in [3.05, 3.63) is 11.1 Å². The van der Waals surface area contributed by atoms with Crippen molar-refractivity contribution in [3.63, 3.8) is 0 Å². The van der Waals surface area contributed by atoms with Gasteiger partial charge in [-0.15, -0.1) is 0 Å². The summed E-state index contributed by atoms with van der Waals surface area (Å²) in [6.45, 7) is 8.13. The number of hydrogen-bond donors (Lipinski definition) is 2. The lowest BCUT2D eigenvalue weighted by Gasteiger charge is -2.70. The lowest BCUT2D eigenvalue weighted by molar-refractivity contribution is -0.381. The zero-order valence-electron chi connectivity index (χ0n) is 19.0. The number of fused-ring (bicyclic) bond motifs is 2. The summed E-state index contributed by atoms with van der Waals surface area (Å²) in [5, 5.41) is 0. The maximum absolute atomic E-state index is 12.3. The highest BCUT2D eigenvalue weighted by Crippen LogP contribution is 2.82. The van der Waals surface area contributed by atoms with Crippen LogP contribution >= 0.6 is 7.82 Å². The Labute approximate surface area is 191 Å². The van der Waals surface area contributed by atoms with Gasteiger partial charge in [-0.1, -0.05) is 20.8 Å². The van der Waals surface area contributed by atoms with Crippen LogP contribution in [0.2, 0.25) is 0 Å². The molecule has 0 aromatic heterocycles. The molecule has 2 N–H and O–H groups in total. The van der Waals surface area contributed by atoms with E-state index in [-0.39, 0.29) is 41.5 Å². The summed E-state index contributed by atoms with van der Waals surface area (Å²) in [7, 11) is -4.74. The van der Waals surface area contributed by atoms with Gasteiger partial charge in [0.15, 0.2) is 6.29 Å². The molecule has 11 heteroatoms. The minimum absolute atomic E-state index is 0.0225. The first kappa shape index (κ1) is 21.4. The molecule has 0 aromatic rings. The summed E-state index contributed by atoms with van der Waals surface area (Å²) < 4.78 is 47.7. The van der Waals surface area contributed by atoms with E-state index in [9.17, 15) is 19.1 Å². The van der Waals surface area contributed by atoms with E-state index >= 15 is 0 Å². The van der Waals surface area contributed by atoms with Crippen molar-refractivity contribution >= 4 is 13.8 Å². The number of cyclic esters (lactones) is 1. The first-order valence-electron chi connectivity index (χ1n) is 11.7. The largest absolute Gasteiger partial charge is 0.471 e. The molecule has 5 heterocycles. The fourth-order valence-electron chi connectivity index (χ4n) is 8.49. The Kier molecular flexibility index (Phi) is 3.85. The average molecular weight is 484 g/mol. The predicted molar refractivity (Wildman–Crippen MR) is 109 cm³/mol. The fourth-order valence-corrected chi connectivity index (χ4v) is 8.93. The second-order valence-corrected chi connectivity index (χ2v) is 12.4. The molecule has 3 aliphatic carbocycles. The summed E-state index contributed by atoms with van der Waals surface area (Å²) in [5.41, 5.74) is -0.592. The van der Waals surface area contributed by atoms with Crippen LogP contribution in [-0.4, -0.2) is 69.9 Å². The standard InChI is InChI=1S/C22H29O10P/c1-9(2)21-15(30-21)16-22(31-16)19(4)6-5-11-12(8-27-17(11)23)14(19)13-7-20(22,29-13)18(21)28-10(3)32-33(24,25)26/h9-10,13-16,18H,5-8H2,1-4H3,(H2,24,25,26)/t10?,13?,14-,15+,16+,18+,19+,20-,21+,22-/m1/s1. The molecule has 10 nitrogen and oxygen atoms in total. The van der Waals surface area contributed by atoms with Gasteiger partial charge < -0.3 is 33.5 Å². The molecule has 6 fully saturated rings. The second-order valence-electron chi connectivity index (χ2n) is 11.2. The lowest BCUT2D eigenvalue weighted by atomic mass is 9.42. The molecule has 0 aromatic carbocycles. The van der Waals surface area contributed by atoms with Crippen LogP contribution in [0.5, 0.6) is 0 Å². The van der Waals surface area contributed by atoms with Crippen molar-refractivity contribution in [2.24, 2.45) is 17.3 Å². The Hall–Kier alpha value is -0.840. The molecule has 0 radical (unpaired) electrons. The molecule has 182 valence electrons. The minimum atomic E-state index is -4.74. The number of ether oxygens (including phenoxy) is 5. The molecule has 8 aliphatic rings. The number of hydrogen-bond acceptors (Lipinski definition) is 8. The molecule has 2 unspecified atom stereocenters. The van der Waals surface area contributed by atoms with Crippen LogP contribution in [-0.2, 0) is 37.6 Å². The highest BCUT2D eigenvalue weighted by Gasteiger charge is 2.98. The zero-order chi connectivity index (χ0) is 23.3. The van der Waals surface area contributed by atoms with Crippen molar-refractivity contribution in [1.82, 2.24) is 0 Å². The highest BCUT2D eigenvalue weighted by molar-refractivity contribution is 7.46. The molecular formula is C22H29O10P. The van der Waals surface area contributed by atoms with E-state index in [0.717, 1.165) is 17.6 Å². The Morgan fingerprint density at radius 3 is 2.55 bits per heavy atom. The van der Waals surface area contributed by atoms with Gasteiger partial charge in [0, 0.05) is 23.3 Å². The normalized spacial score (nSPS) is 53.8. The van der Waals surface area contributed by atoms with Crippen LogP contribution in [0.3, 0.4) is 0 Å². The van der Waals surface area contributed by atoms with Crippen LogP contribution in [0.15, 0.2) is 11.1 Å². The minimum Gasteiger partial charge on any atom is -0.458 e. The van der Waals surface area contributed by atoms with Gasteiger partial charge in [0.1, 0.15) is 41.7 Å². The summed E-state index contributed by atoms with van der Waals surface area (Å²) in [4.78, 5) is 30.9. The number of epoxide rings is 2. The van der Waals surface area contributed by atoms with E-state index in [4.69, 9.17) is 28.2 Å². The van der Waals surface area contributed by atoms with Crippen LogP contribution in [0.4, 0.5) is 0 Å². The maximum Gasteiger partial charge on any atom is 0.471 e. The highest BCUT2D eigenvalue weighted by atomic mass is 31.2. The van der Waals surface area contributed by atoms with Gasteiger partial charge in [0.2, 0.25) is 0 Å². The molecular weight excluding hydrogens is 455 g/mol. The first-order valence-corrected chi connectivity index (χ1v) is 13.3. The molecule has 2 saturated carbocycles. The van der Waals surface area contributed by atoms with Gasteiger partial charge in [-0.25, -0.2) is 9.36 Å². The molecule has 5 aliphatic heterocycles. The Balaban J connectivity index is 1.31. The number of carbonyl (C=O) groups is 1. The Morgan fingerprint density at radius 2 is 1.88 bits per heavy atom. The van der Waals surface area contributed by atoms with Crippen molar-refractivity contribution in [3.8, 4) is 0 Å². The Bertz CT molecular complexity index is 1040. The average Bonchev–Trinajstić information content (AvgIpc) is 3.54. The molecule has 10 atom stereocenters. The van der Waals surface area contributed by atoms with Crippen molar-refractivity contribution in [2.75, 3.05) is 6.61 Å². The van der Waals surface area contributed by atoms with Gasteiger partial charge in [0.05, 0.1) is 6.10 Å². The quantitative estimate of drug-likeness (QED) is 0.256.